The Morgan fingerprint density at radius 1 is 1.09 bits per heavy atom. The average molecular weight is 477 g/mol. The Bertz CT molecular complexity index is 1340. The van der Waals surface area contributed by atoms with E-state index in [-0.39, 0.29) is 23.8 Å². The maximum absolute atomic E-state index is 13.6. The molecule has 3 aromatic rings. The number of aromatic nitrogens is 3. The molecule has 2 atom stereocenters. The fourth-order valence-electron chi connectivity index (χ4n) is 4.90. The van der Waals surface area contributed by atoms with E-state index >= 15 is 0 Å². The van der Waals surface area contributed by atoms with Crippen molar-refractivity contribution in [2.45, 2.75) is 24.8 Å². The third kappa shape index (κ3) is 3.65. The topological polar surface area (TPSA) is 131 Å². The highest BCUT2D eigenvalue weighted by atomic mass is 16.6. The Balaban J connectivity index is 1.61. The van der Waals surface area contributed by atoms with Crippen LogP contribution in [0.5, 0.6) is 17.2 Å². The van der Waals surface area contributed by atoms with Gasteiger partial charge in [-0.05, 0) is 36.1 Å². The van der Waals surface area contributed by atoms with Crippen molar-refractivity contribution < 1.29 is 23.9 Å². The number of nitrogens with zero attached hydrogens (tertiary/aromatic N) is 4. The quantitative estimate of drug-likeness (QED) is 0.418. The average Bonchev–Trinajstić information content (AvgIpc) is 3.34. The summed E-state index contributed by atoms with van der Waals surface area (Å²) in [4.78, 5) is 29.2. The molecule has 180 valence electrons. The Labute approximate surface area is 200 Å². The van der Waals surface area contributed by atoms with Gasteiger partial charge in [-0.15, -0.1) is 0 Å². The third-order valence-electron chi connectivity index (χ3n) is 6.45. The molecule has 11 heteroatoms. The predicted molar refractivity (Wildman–Crippen MR) is 125 cm³/mol. The maximum atomic E-state index is 13.6. The van der Waals surface area contributed by atoms with Gasteiger partial charge in [-0.25, -0.2) is 4.68 Å². The zero-order chi connectivity index (χ0) is 24.7. The van der Waals surface area contributed by atoms with Gasteiger partial charge in [-0.3, -0.25) is 14.9 Å². The van der Waals surface area contributed by atoms with E-state index in [4.69, 9.17) is 14.2 Å². The number of ketones is 1. The van der Waals surface area contributed by atoms with Crippen LogP contribution in [0.25, 0.3) is 0 Å². The van der Waals surface area contributed by atoms with E-state index in [1.54, 1.807) is 32.4 Å². The second-order valence-corrected chi connectivity index (χ2v) is 8.25. The first kappa shape index (κ1) is 22.4. The molecule has 1 aliphatic heterocycles. The summed E-state index contributed by atoms with van der Waals surface area (Å²) in [7, 11) is 4.62. The molecule has 1 N–H and O–H groups in total. The summed E-state index contributed by atoms with van der Waals surface area (Å²) in [6.45, 7) is 0. The van der Waals surface area contributed by atoms with E-state index in [0.717, 1.165) is 5.56 Å². The predicted octanol–water partition coefficient (Wildman–Crippen LogP) is 3.63. The van der Waals surface area contributed by atoms with Gasteiger partial charge >= 0.3 is 0 Å². The molecule has 0 radical (unpaired) electrons. The number of para-hydroxylation sites is 1. The number of methoxy groups -OCH3 is 3. The lowest BCUT2D eigenvalue weighted by Crippen LogP contribution is -2.33. The van der Waals surface area contributed by atoms with Crippen LogP contribution in [0.3, 0.4) is 0 Å². The van der Waals surface area contributed by atoms with Crippen LogP contribution in [-0.4, -0.2) is 46.8 Å². The first-order valence-corrected chi connectivity index (χ1v) is 10.9. The van der Waals surface area contributed by atoms with Crippen LogP contribution in [0.1, 0.15) is 35.9 Å². The molecule has 0 spiro atoms. The van der Waals surface area contributed by atoms with Gasteiger partial charge in [0.1, 0.15) is 12.4 Å². The van der Waals surface area contributed by atoms with Crippen molar-refractivity contribution >= 4 is 17.4 Å². The summed E-state index contributed by atoms with van der Waals surface area (Å²) in [5, 5.41) is 19.3. The summed E-state index contributed by atoms with van der Waals surface area (Å²) in [5.74, 6) is 1.60. The molecule has 0 fully saturated rings. The molecule has 0 unspecified atom stereocenters. The fourth-order valence-corrected chi connectivity index (χ4v) is 4.90. The highest BCUT2D eigenvalue weighted by Crippen LogP contribution is 2.47. The molecule has 1 aliphatic carbocycles. The number of nitrogens with one attached hydrogen (secondary N) is 1. The van der Waals surface area contributed by atoms with Gasteiger partial charge in [-0.1, -0.05) is 12.1 Å². The number of fused-ring (bicyclic) bond motifs is 1. The van der Waals surface area contributed by atoms with Gasteiger partial charge in [0.2, 0.25) is 11.7 Å². The second-order valence-electron chi connectivity index (χ2n) is 8.25. The van der Waals surface area contributed by atoms with Crippen molar-refractivity contribution in [1.82, 2.24) is 14.8 Å². The molecule has 2 aromatic carbocycles. The molecular weight excluding hydrogens is 454 g/mol. The lowest BCUT2D eigenvalue weighted by molar-refractivity contribution is -0.385. The number of anilines is 1. The highest BCUT2D eigenvalue weighted by molar-refractivity contribution is 6.00. The number of Topliss-reactive ketones (excluding diaryl/α,β-unsaturated/α-hetero) is 1. The van der Waals surface area contributed by atoms with Crippen LogP contribution in [0.2, 0.25) is 0 Å². The lowest BCUT2D eigenvalue weighted by Gasteiger charge is -2.35. The first-order chi connectivity index (χ1) is 17.0. The fraction of sp³-hybridized carbons (Fsp3) is 0.292. The number of carbonyl (C=O) groups excluding carboxylic acids is 1. The summed E-state index contributed by atoms with van der Waals surface area (Å²) < 4.78 is 17.9. The molecule has 0 saturated carbocycles. The van der Waals surface area contributed by atoms with E-state index in [1.165, 1.54) is 24.2 Å². The van der Waals surface area contributed by atoms with Gasteiger partial charge in [0.15, 0.2) is 17.3 Å². The van der Waals surface area contributed by atoms with Gasteiger partial charge in [0.25, 0.3) is 5.69 Å². The molecule has 35 heavy (non-hydrogen) atoms. The Hall–Kier alpha value is -4.41. The Morgan fingerprint density at radius 3 is 2.46 bits per heavy atom. The van der Waals surface area contributed by atoms with Crippen LogP contribution in [-0.2, 0) is 4.79 Å². The van der Waals surface area contributed by atoms with E-state index in [1.807, 2.05) is 12.1 Å². The van der Waals surface area contributed by atoms with Crippen LogP contribution < -0.4 is 19.5 Å². The van der Waals surface area contributed by atoms with Crippen molar-refractivity contribution in [2.75, 3.05) is 26.6 Å². The van der Waals surface area contributed by atoms with Gasteiger partial charge in [-0.2, -0.15) is 10.1 Å². The number of nitro groups is 1. The largest absolute Gasteiger partial charge is 0.493 e. The summed E-state index contributed by atoms with van der Waals surface area (Å²) in [6, 6.07) is 9.34. The number of rotatable bonds is 6. The van der Waals surface area contributed by atoms with Crippen LogP contribution in [0.15, 0.2) is 54.0 Å². The van der Waals surface area contributed by atoms with E-state index in [0.29, 0.717) is 46.5 Å². The van der Waals surface area contributed by atoms with Crippen molar-refractivity contribution in [1.29, 1.82) is 0 Å². The van der Waals surface area contributed by atoms with Gasteiger partial charge < -0.3 is 19.5 Å². The number of carbonyl (C=O) groups is 1. The minimum absolute atomic E-state index is 0.0766. The molecule has 1 aromatic heterocycles. The molecule has 5 rings (SSSR count). The number of hydrogen-bond acceptors (Lipinski definition) is 9. The van der Waals surface area contributed by atoms with Crippen molar-refractivity contribution in [3.63, 3.8) is 0 Å². The minimum Gasteiger partial charge on any atom is -0.493 e. The number of nitro benzene ring substituents is 1. The summed E-state index contributed by atoms with van der Waals surface area (Å²) in [5.41, 5.74) is 2.30. The number of hydrogen-bond donors (Lipinski definition) is 1. The molecule has 2 heterocycles. The monoisotopic (exact) mass is 477 g/mol. The molecular formula is C24H23N5O6. The van der Waals surface area contributed by atoms with Gasteiger partial charge in [0.05, 0.1) is 31.8 Å². The zero-order valence-electron chi connectivity index (χ0n) is 19.3. The normalized spacial score (nSPS) is 18.9. The third-order valence-corrected chi connectivity index (χ3v) is 6.45. The van der Waals surface area contributed by atoms with Crippen LogP contribution in [0.4, 0.5) is 11.6 Å². The highest BCUT2D eigenvalue weighted by Gasteiger charge is 2.41. The minimum atomic E-state index is -0.751. The van der Waals surface area contributed by atoms with E-state index in [9.17, 15) is 14.9 Å². The second kappa shape index (κ2) is 8.75. The summed E-state index contributed by atoms with van der Waals surface area (Å²) in [6.07, 6.45) is 2.06. The first-order valence-electron chi connectivity index (χ1n) is 10.9. The number of benzene rings is 2. The van der Waals surface area contributed by atoms with Crippen molar-refractivity contribution in [3.8, 4) is 17.2 Å². The molecule has 11 nitrogen and oxygen atoms in total. The molecule has 2 aliphatic rings. The summed E-state index contributed by atoms with van der Waals surface area (Å²) >= 11 is 0. The molecule has 0 amide bonds. The SMILES string of the molecule is COc1cc([C@@H]2CC(=O)C3=C(C2)Nc2ncnn2[C@@H]3c2ccccc2[N+](=O)[O-])cc(OC)c1OC. The zero-order valence-corrected chi connectivity index (χ0v) is 19.3. The van der Waals surface area contributed by atoms with Crippen LogP contribution in [0, 0.1) is 10.1 Å². The van der Waals surface area contributed by atoms with E-state index in [2.05, 4.69) is 15.4 Å². The van der Waals surface area contributed by atoms with Crippen molar-refractivity contribution in [2.24, 2.45) is 0 Å². The van der Waals surface area contributed by atoms with Crippen molar-refractivity contribution in [3.05, 3.63) is 75.2 Å². The molecule has 0 bridgehead atoms. The van der Waals surface area contributed by atoms with E-state index < -0.39 is 11.0 Å². The Morgan fingerprint density at radius 2 is 1.80 bits per heavy atom. The molecule has 0 saturated heterocycles. The Kier molecular flexibility index (Phi) is 5.59. The smallest absolute Gasteiger partial charge is 0.275 e. The number of allylic oxidation sites excluding steroid dienone is 2. The van der Waals surface area contributed by atoms with Gasteiger partial charge in [0, 0.05) is 23.8 Å². The lowest BCUT2D eigenvalue weighted by atomic mass is 9.77. The maximum Gasteiger partial charge on any atom is 0.275 e. The standard InChI is InChI=1S/C24H23N5O6/c1-33-19-10-14(11-20(34-2)23(19)35-3)13-8-16-21(18(30)9-13)22(28-24(27-16)25-12-26-28)15-6-4-5-7-17(15)29(31)32/h4-7,10-13,22H,8-9H2,1-3H3,(H,25,26,27)/t13-,22+/m0/s1. The number of ether oxygens (including phenoxy) is 3. The van der Waals surface area contributed by atoms with Crippen LogP contribution >= 0.6 is 0 Å².